The lowest BCUT2D eigenvalue weighted by Crippen LogP contribution is -2.02. The van der Waals surface area contributed by atoms with Crippen LogP contribution in [0.4, 0.5) is 4.39 Å². The Hall–Kier alpha value is -1.31. The van der Waals surface area contributed by atoms with Gasteiger partial charge in [0.1, 0.15) is 5.76 Å². The van der Waals surface area contributed by atoms with Gasteiger partial charge in [0, 0.05) is 12.7 Å². The fraction of sp³-hybridized carbons (Fsp3) is 0.429. The Morgan fingerprint density at radius 1 is 1.19 bits per heavy atom. The number of rotatable bonds is 1. The fourth-order valence-corrected chi connectivity index (χ4v) is 2.64. The van der Waals surface area contributed by atoms with Crippen molar-refractivity contribution in [2.45, 2.75) is 38.0 Å². The van der Waals surface area contributed by atoms with Crippen molar-refractivity contribution in [1.29, 1.82) is 0 Å². The maximum absolute atomic E-state index is 13.5. The van der Waals surface area contributed by atoms with Crippen LogP contribution in [0, 0.1) is 5.82 Å². The second-order valence-electron chi connectivity index (χ2n) is 4.64. The zero-order valence-corrected chi connectivity index (χ0v) is 9.21. The molecule has 3 rings (SSSR count). The molecule has 0 unspecified atom stereocenters. The molecule has 1 nitrogen and oxygen atoms in total. The highest BCUT2D eigenvalue weighted by Crippen LogP contribution is 2.35. The van der Waals surface area contributed by atoms with Crippen molar-refractivity contribution in [3.63, 3.8) is 0 Å². The number of hydrogen-bond donors (Lipinski definition) is 0. The first-order valence-corrected chi connectivity index (χ1v) is 6.02. The van der Waals surface area contributed by atoms with E-state index in [1.165, 1.54) is 38.2 Å². The largest absolute Gasteiger partial charge is 0.458 e. The molecule has 0 amide bonds. The number of halogens is 1. The Labute approximate surface area is 95.7 Å². The van der Waals surface area contributed by atoms with E-state index in [0.29, 0.717) is 11.5 Å². The first-order chi connectivity index (χ1) is 7.84. The highest BCUT2D eigenvalue weighted by Gasteiger charge is 2.19. The van der Waals surface area contributed by atoms with Crippen LogP contribution in [0.15, 0.2) is 28.7 Å². The second-order valence-corrected chi connectivity index (χ2v) is 4.64. The van der Waals surface area contributed by atoms with Crippen molar-refractivity contribution in [3.8, 4) is 0 Å². The smallest absolute Gasteiger partial charge is 0.169 e. The molecule has 1 saturated carbocycles. The molecule has 1 aliphatic rings. The Kier molecular flexibility index (Phi) is 2.43. The summed E-state index contributed by atoms with van der Waals surface area (Å²) in [4.78, 5) is 0. The van der Waals surface area contributed by atoms with Crippen LogP contribution in [0.2, 0.25) is 0 Å². The van der Waals surface area contributed by atoms with Gasteiger partial charge in [-0.3, -0.25) is 0 Å². The van der Waals surface area contributed by atoms with Crippen LogP contribution in [0.1, 0.15) is 45.2 Å². The number of fused-ring (bicyclic) bond motifs is 1. The van der Waals surface area contributed by atoms with E-state index >= 15 is 0 Å². The van der Waals surface area contributed by atoms with E-state index < -0.39 is 0 Å². The van der Waals surface area contributed by atoms with Crippen LogP contribution >= 0.6 is 0 Å². The number of benzene rings is 1. The van der Waals surface area contributed by atoms with Crippen LogP contribution in [-0.4, -0.2) is 0 Å². The van der Waals surface area contributed by atoms with Crippen LogP contribution in [-0.2, 0) is 0 Å². The van der Waals surface area contributed by atoms with E-state index in [1.807, 2.05) is 12.1 Å². The Bertz CT molecular complexity index is 500. The normalized spacial score (nSPS) is 18.1. The van der Waals surface area contributed by atoms with Gasteiger partial charge in [0.05, 0.1) is 0 Å². The summed E-state index contributed by atoms with van der Waals surface area (Å²) < 4.78 is 19.1. The molecule has 1 aliphatic carbocycles. The van der Waals surface area contributed by atoms with Gasteiger partial charge in [-0.05, 0) is 25.0 Å². The molecule has 1 aromatic heterocycles. The van der Waals surface area contributed by atoms with Gasteiger partial charge in [0.2, 0.25) is 0 Å². The van der Waals surface area contributed by atoms with E-state index in [1.54, 1.807) is 6.07 Å². The summed E-state index contributed by atoms with van der Waals surface area (Å²) in [5, 5.41) is 0.889. The molecule has 0 N–H and O–H groups in total. The highest BCUT2D eigenvalue weighted by molar-refractivity contribution is 5.78. The van der Waals surface area contributed by atoms with E-state index in [9.17, 15) is 4.39 Å². The summed E-state index contributed by atoms with van der Waals surface area (Å²) in [5.41, 5.74) is 0.420. The molecule has 1 aromatic carbocycles. The summed E-state index contributed by atoms with van der Waals surface area (Å²) >= 11 is 0. The Morgan fingerprint density at radius 2 is 2.00 bits per heavy atom. The molecule has 0 aliphatic heterocycles. The maximum Gasteiger partial charge on any atom is 0.169 e. The minimum atomic E-state index is -0.250. The minimum Gasteiger partial charge on any atom is -0.458 e. The van der Waals surface area contributed by atoms with Gasteiger partial charge >= 0.3 is 0 Å². The lowest BCUT2D eigenvalue weighted by Gasteiger charge is -2.18. The van der Waals surface area contributed by atoms with E-state index in [4.69, 9.17) is 4.42 Å². The molecule has 86 valence electrons. The molecular formula is C14H17FO. The van der Waals surface area contributed by atoms with Gasteiger partial charge in [0.25, 0.3) is 0 Å². The van der Waals surface area contributed by atoms with Crippen molar-refractivity contribution in [2.75, 3.05) is 0 Å². The molecule has 0 spiro atoms. The Balaban J connectivity index is 0.00000108. The van der Waals surface area contributed by atoms with Crippen LogP contribution in [0.25, 0.3) is 11.0 Å². The summed E-state index contributed by atoms with van der Waals surface area (Å²) in [6.07, 6.45) is 6.22. The van der Waals surface area contributed by atoms with Crippen molar-refractivity contribution in [3.05, 3.63) is 35.8 Å². The molecule has 2 aromatic rings. The van der Waals surface area contributed by atoms with Gasteiger partial charge in [-0.2, -0.15) is 0 Å². The predicted octanol–water partition coefficient (Wildman–Crippen LogP) is 4.87. The number of furan rings is 1. The standard InChI is InChI=1S/C14H15FO.H2/c15-12-8-4-7-11-9-13(16-14(11)12)10-5-2-1-3-6-10;/h4,7-10H,1-3,5-6H2;1H. The van der Waals surface area contributed by atoms with Gasteiger partial charge in [-0.1, -0.05) is 31.4 Å². The van der Waals surface area contributed by atoms with Crippen molar-refractivity contribution in [1.82, 2.24) is 0 Å². The van der Waals surface area contributed by atoms with Crippen LogP contribution < -0.4 is 0 Å². The minimum absolute atomic E-state index is 0. The lowest BCUT2D eigenvalue weighted by atomic mass is 9.87. The fourth-order valence-electron chi connectivity index (χ4n) is 2.64. The third-order valence-corrected chi connectivity index (χ3v) is 3.52. The zero-order valence-electron chi connectivity index (χ0n) is 9.21. The third kappa shape index (κ3) is 1.62. The molecule has 0 radical (unpaired) electrons. The highest BCUT2D eigenvalue weighted by atomic mass is 19.1. The van der Waals surface area contributed by atoms with Crippen LogP contribution in [0.3, 0.4) is 0 Å². The van der Waals surface area contributed by atoms with Crippen molar-refractivity contribution >= 4 is 11.0 Å². The molecular weight excluding hydrogens is 203 g/mol. The van der Waals surface area contributed by atoms with E-state index in [2.05, 4.69) is 0 Å². The van der Waals surface area contributed by atoms with Gasteiger partial charge in [-0.25, -0.2) is 4.39 Å². The van der Waals surface area contributed by atoms with Crippen LogP contribution in [0.5, 0.6) is 0 Å². The van der Waals surface area contributed by atoms with E-state index in [0.717, 1.165) is 11.1 Å². The number of hydrogen-bond acceptors (Lipinski definition) is 1. The average Bonchev–Trinajstić information content (AvgIpc) is 2.76. The van der Waals surface area contributed by atoms with Gasteiger partial charge in [0.15, 0.2) is 11.4 Å². The molecule has 2 heteroatoms. The molecule has 0 saturated heterocycles. The Morgan fingerprint density at radius 3 is 2.75 bits per heavy atom. The monoisotopic (exact) mass is 220 g/mol. The third-order valence-electron chi connectivity index (χ3n) is 3.52. The van der Waals surface area contributed by atoms with Crippen molar-refractivity contribution in [2.24, 2.45) is 0 Å². The lowest BCUT2D eigenvalue weighted by molar-refractivity contribution is 0.382. The summed E-state index contributed by atoms with van der Waals surface area (Å²) in [7, 11) is 0. The number of para-hydroxylation sites is 1. The molecule has 0 atom stereocenters. The molecule has 1 heterocycles. The average molecular weight is 220 g/mol. The SMILES string of the molecule is Fc1cccc2cc(C3CCCCC3)oc12.[HH]. The molecule has 16 heavy (non-hydrogen) atoms. The summed E-state index contributed by atoms with van der Waals surface area (Å²) in [6, 6.07) is 7.11. The summed E-state index contributed by atoms with van der Waals surface area (Å²) in [5.74, 6) is 1.22. The van der Waals surface area contributed by atoms with Gasteiger partial charge < -0.3 is 4.42 Å². The zero-order chi connectivity index (χ0) is 11.0. The van der Waals surface area contributed by atoms with E-state index in [-0.39, 0.29) is 7.24 Å². The second kappa shape index (κ2) is 3.93. The van der Waals surface area contributed by atoms with Gasteiger partial charge in [-0.15, -0.1) is 0 Å². The predicted molar refractivity (Wildman–Crippen MR) is 64.1 cm³/mol. The molecule has 1 fully saturated rings. The topological polar surface area (TPSA) is 13.1 Å². The van der Waals surface area contributed by atoms with Crippen molar-refractivity contribution < 1.29 is 10.2 Å². The maximum atomic E-state index is 13.5. The molecule has 0 bridgehead atoms. The summed E-state index contributed by atoms with van der Waals surface area (Å²) in [6.45, 7) is 0. The quantitative estimate of drug-likeness (QED) is 0.668. The first-order valence-electron chi connectivity index (χ1n) is 6.02. The first kappa shape index (κ1) is 9.88.